The Balaban J connectivity index is 1.19. The molecule has 0 atom stereocenters. The van der Waals surface area contributed by atoms with Crippen LogP contribution in [0.4, 0.5) is 11.4 Å². The van der Waals surface area contributed by atoms with Gasteiger partial charge in [-0.2, -0.15) is 0 Å². The molecule has 0 fully saturated rings. The number of nitrogens with zero attached hydrogens (tertiary/aromatic N) is 5. The molecule has 0 amide bonds. The lowest BCUT2D eigenvalue weighted by atomic mass is 10.1. The monoisotopic (exact) mass is 533 g/mol. The summed E-state index contributed by atoms with van der Waals surface area (Å²) in [6.07, 6.45) is 1.83. The molecule has 0 unspecified atom stereocenters. The van der Waals surface area contributed by atoms with E-state index in [1.807, 2.05) is 36.5 Å². The molecule has 0 saturated carbocycles. The Kier molecular flexibility index (Phi) is 5.22. The van der Waals surface area contributed by atoms with Crippen molar-refractivity contribution < 1.29 is 4.74 Å². The number of imidazole rings is 1. The van der Waals surface area contributed by atoms with Crippen LogP contribution in [0.15, 0.2) is 115 Å². The van der Waals surface area contributed by atoms with Crippen LogP contribution >= 0.6 is 0 Å². The minimum Gasteiger partial charge on any atom is -0.457 e. The normalized spacial score (nSPS) is 12.5. The van der Waals surface area contributed by atoms with E-state index in [9.17, 15) is 0 Å². The summed E-state index contributed by atoms with van der Waals surface area (Å²) in [5.74, 6) is 3.46. The molecule has 0 aliphatic carbocycles. The molecule has 0 spiro atoms. The van der Waals surface area contributed by atoms with Crippen LogP contribution in [0.5, 0.6) is 11.5 Å². The van der Waals surface area contributed by atoms with Gasteiger partial charge in [0.15, 0.2) is 0 Å². The number of rotatable bonds is 4. The molecule has 6 heteroatoms. The highest BCUT2D eigenvalue weighted by molar-refractivity contribution is 6.09. The number of benzene rings is 4. The van der Waals surface area contributed by atoms with Crippen molar-refractivity contribution in [2.75, 3.05) is 4.90 Å². The van der Waals surface area contributed by atoms with Gasteiger partial charge in [0.25, 0.3) is 0 Å². The maximum Gasteiger partial charge on any atom is 0.144 e. The SMILES string of the molecule is Cc1nc2n(c1C)CN(c1cccc(Oc3ccc4c5ccccc5n(-c5ccccn5)c4c3)c1)c1ccccc1-2. The zero-order chi connectivity index (χ0) is 27.5. The third-order valence-corrected chi connectivity index (χ3v) is 8.06. The quantitative estimate of drug-likeness (QED) is 0.227. The number of hydrogen-bond donors (Lipinski definition) is 0. The van der Waals surface area contributed by atoms with Gasteiger partial charge in [-0.3, -0.25) is 4.57 Å². The largest absolute Gasteiger partial charge is 0.457 e. The van der Waals surface area contributed by atoms with E-state index in [2.05, 4.69) is 112 Å². The molecular weight excluding hydrogens is 506 g/mol. The molecule has 4 aromatic carbocycles. The second-order valence-corrected chi connectivity index (χ2v) is 10.4. The fraction of sp³-hybridized carbons (Fsp3) is 0.0857. The standard InChI is InChI=1S/C35H27N5O/c1-23-24(2)38-22-39(31-14-5-4-13-30(31)35(38)37-23)25-10-9-11-26(20-25)41-27-17-18-29-28-12-3-6-15-32(28)40(33(29)21-27)34-16-7-8-19-36-34/h3-21H,22H2,1-2H3. The molecule has 4 heterocycles. The number of para-hydroxylation sites is 2. The van der Waals surface area contributed by atoms with E-state index >= 15 is 0 Å². The number of ether oxygens (including phenoxy) is 1. The van der Waals surface area contributed by atoms with Crippen LogP contribution < -0.4 is 9.64 Å². The lowest BCUT2D eigenvalue weighted by Gasteiger charge is -2.33. The van der Waals surface area contributed by atoms with Crippen LogP contribution in [0.25, 0.3) is 39.0 Å². The minimum atomic E-state index is 0.693. The molecule has 0 saturated heterocycles. The Morgan fingerprint density at radius 2 is 1.51 bits per heavy atom. The van der Waals surface area contributed by atoms with Crippen molar-refractivity contribution in [1.82, 2.24) is 19.1 Å². The van der Waals surface area contributed by atoms with E-state index in [0.717, 1.165) is 56.8 Å². The Morgan fingerprint density at radius 3 is 2.41 bits per heavy atom. The highest BCUT2D eigenvalue weighted by Gasteiger charge is 2.26. The van der Waals surface area contributed by atoms with Crippen LogP contribution in [0.1, 0.15) is 11.4 Å². The summed E-state index contributed by atoms with van der Waals surface area (Å²) in [6, 6.07) is 37.5. The van der Waals surface area contributed by atoms with Crippen LogP contribution in [-0.4, -0.2) is 19.1 Å². The number of aryl methyl sites for hydroxylation is 1. The number of pyridine rings is 1. The number of fused-ring (bicyclic) bond motifs is 6. The topological polar surface area (TPSA) is 48.1 Å². The Hall–Kier alpha value is -5.36. The minimum absolute atomic E-state index is 0.693. The average molecular weight is 534 g/mol. The summed E-state index contributed by atoms with van der Waals surface area (Å²) in [5.41, 5.74) is 7.76. The van der Waals surface area contributed by atoms with Gasteiger partial charge in [-0.1, -0.05) is 42.5 Å². The lowest BCUT2D eigenvalue weighted by Crippen LogP contribution is -2.26. The zero-order valence-electron chi connectivity index (χ0n) is 22.8. The van der Waals surface area contributed by atoms with Crippen molar-refractivity contribution in [3.63, 3.8) is 0 Å². The molecule has 41 heavy (non-hydrogen) atoms. The predicted octanol–water partition coefficient (Wildman–Crippen LogP) is 8.56. The second-order valence-electron chi connectivity index (χ2n) is 10.4. The van der Waals surface area contributed by atoms with Crippen LogP contribution in [0, 0.1) is 13.8 Å². The molecule has 0 bridgehead atoms. The zero-order valence-corrected chi connectivity index (χ0v) is 22.8. The van der Waals surface area contributed by atoms with Crippen molar-refractivity contribution in [3.05, 3.63) is 127 Å². The van der Waals surface area contributed by atoms with Gasteiger partial charge in [-0.15, -0.1) is 0 Å². The van der Waals surface area contributed by atoms with Crippen molar-refractivity contribution in [2.24, 2.45) is 0 Å². The molecule has 8 rings (SSSR count). The number of aromatic nitrogens is 4. The van der Waals surface area contributed by atoms with E-state index in [1.54, 1.807) is 0 Å². The first-order valence-corrected chi connectivity index (χ1v) is 13.8. The molecule has 3 aromatic heterocycles. The maximum absolute atomic E-state index is 6.51. The molecule has 1 aliphatic heterocycles. The Morgan fingerprint density at radius 1 is 0.707 bits per heavy atom. The summed E-state index contributed by atoms with van der Waals surface area (Å²) in [6.45, 7) is 4.91. The summed E-state index contributed by atoms with van der Waals surface area (Å²) >= 11 is 0. The first kappa shape index (κ1) is 23.5. The molecular formula is C35H27N5O. The van der Waals surface area contributed by atoms with Gasteiger partial charge in [0.1, 0.15) is 29.8 Å². The van der Waals surface area contributed by atoms with Crippen molar-refractivity contribution in [2.45, 2.75) is 20.5 Å². The van der Waals surface area contributed by atoms with Crippen molar-refractivity contribution in [3.8, 4) is 28.7 Å². The smallest absolute Gasteiger partial charge is 0.144 e. The van der Waals surface area contributed by atoms with Gasteiger partial charge in [0.2, 0.25) is 0 Å². The highest BCUT2D eigenvalue weighted by atomic mass is 16.5. The molecule has 0 N–H and O–H groups in total. The third kappa shape index (κ3) is 3.72. The van der Waals surface area contributed by atoms with Gasteiger partial charge in [-0.25, -0.2) is 9.97 Å². The summed E-state index contributed by atoms with van der Waals surface area (Å²) in [5, 5.41) is 2.36. The van der Waals surface area contributed by atoms with E-state index in [-0.39, 0.29) is 0 Å². The molecule has 0 radical (unpaired) electrons. The molecule has 7 aromatic rings. The first-order valence-electron chi connectivity index (χ1n) is 13.8. The van der Waals surface area contributed by atoms with E-state index in [4.69, 9.17) is 9.72 Å². The Labute approximate surface area is 237 Å². The molecule has 1 aliphatic rings. The fourth-order valence-electron chi connectivity index (χ4n) is 5.97. The fourth-order valence-corrected chi connectivity index (χ4v) is 5.97. The van der Waals surface area contributed by atoms with E-state index in [1.165, 1.54) is 16.5 Å². The van der Waals surface area contributed by atoms with Gasteiger partial charge < -0.3 is 14.2 Å². The summed E-state index contributed by atoms with van der Waals surface area (Å²) < 4.78 is 11.0. The second kappa shape index (κ2) is 9.10. The average Bonchev–Trinajstić information content (AvgIpc) is 3.50. The Bertz CT molecular complexity index is 2090. The van der Waals surface area contributed by atoms with Crippen molar-refractivity contribution in [1.29, 1.82) is 0 Å². The highest BCUT2D eigenvalue weighted by Crippen LogP contribution is 2.42. The molecule has 6 nitrogen and oxygen atoms in total. The van der Waals surface area contributed by atoms with Gasteiger partial charge in [-0.05, 0) is 68.4 Å². The van der Waals surface area contributed by atoms with E-state index < -0.39 is 0 Å². The lowest BCUT2D eigenvalue weighted by molar-refractivity contribution is 0.483. The summed E-state index contributed by atoms with van der Waals surface area (Å²) in [7, 11) is 0. The summed E-state index contributed by atoms with van der Waals surface area (Å²) in [4.78, 5) is 11.8. The predicted molar refractivity (Wildman–Crippen MR) is 164 cm³/mol. The van der Waals surface area contributed by atoms with Gasteiger partial charge in [0, 0.05) is 46.0 Å². The molecule has 198 valence electrons. The van der Waals surface area contributed by atoms with Crippen LogP contribution in [-0.2, 0) is 6.67 Å². The van der Waals surface area contributed by atoms with Crippen molar-refractivity contribution >= 4 is 33.2 Å². The maximum atomic E-state index is 6.51. The van der Waals surface area contributed by atoms with Crippen LogP contribution in [0.3, 0.4) is 0 Å². The number of anilines is 2. The van der Waals surface area contributed by atoms with E-state index in [0.29, 0.717) is 6.67 Å². The van der Waals surface area contributed by atoms with Gasteiger partial charge in [0.05, 0.1) is 22.4 Å². The first-order chi connectivity index (χ1) is 20.2. The van der Waals surface area contributed by atoms with Gasteiger partial charge >= 0.3 is 0 Å². The third-order valence-electron chi connectivity index (χ3n) is 8.06. The van der Waals surface area contributed by atoms with Crippen LogP contribution in [0.2, 0.25) is 0 Å². The number of hydrogen-bond acceptors (Lipinski definition) is 4.